The van der Waals surface area contributed by atoms with Crippen molar-refractivity contribution < 1.29 is 14.4 Å². The Bertz CT molecular complexity index is 982. The molecule has 0 aliphatic carbocycles. The second kappa shape index (κ2) is 6.79. The van der Waals surface area contributed by atoms with Crippen molar-refractivity contribution in [3.8, 4) is 23.1 Å². The zero-order valence-corrected chi connectivity index (χ0v) is 14.5. The molecule has 25 heavy (non-hydrogen) atoms. The van der Waals surface area contributed by atoms with Gasteiger partial charge in [-0.15, -0.1) is 11.3 Å². The molecule has 0 bridgehead atoms. The number of nitrogens with zero attached hydrogens (tertiary/aromatic N) is 2. The van der Waals surface area contributed by atoms with Gasteiger partial charge in [0.1, 0.15) is 16.8 Å². The van der Waals surface area contributed by atoms with Crippen LogP contribution in [-0.2, 0) is 6.42 Å². The Morgan fingerprint density at radius 2 is 2.24 bits per heavy atom. The molecule has 0 atom stereocenters. The molecule has 0 unspecified atom stereocenters. The molecule has 6 nitrogen and oxygen atoms in total. The summed E-state index contributed by atoms with van der Waals surface area (Å²) in [6.07, 6.45) is 0.729. The lowest BCUT2D eigenvalue weighted by Crippen LogP contribution is -2.12. The van der Waals surface area contributed by atoms with E-state index in [0.29, 0.717) is 21.9 Å². The molecule has 126 valence electrons. The summed E-state index contributed by atoms with van der Waals surface area (Å²) in [6, 6.07) is 10.1. The van der Waals surface area contributed by atoms with Crippen molar-refractivity contribution in [2.45, 2.75) is 20.3 Å². The number of phenolic OH excluding ortho intramolecular Hbond substituents is 1. The fourth-order valence-corrected chi connectivity index (χ4v) is 3.65. The van der Waals surface area contributed by atoms with Crippen LogP contribution < -0.4 is 5.32 Å². The van der Waals surface area contributed by atoms with E-state index in [4.69, 9.17) is 4.52 Å². The Hall–Kier alpha value is -3.11. The van der Waals surface area contributed by atoms with E-state index in [1.54, 1.807) is 18.2 Å². The summed E-state index contributed by atoms with van der Waals surface area (Å²) in [5, 5.41) is 25.9. The zero-order chi connectivity index (χ0) is 18.0. The average molecular weight is 353 g/mol. The number of carbonyl (C=O) groups is 1. The first-order chi connectivity index (χ1) is 12.0. The Kier molecular flexibility index (Phi) is 4.55. The van der Waals surface area contributed by atoms with Gasteiger partial charge in [0.05, 0.1) is 5.56 Å². The molecule has 7 heteroatoms. The topological polar surface area (TPSA) is 99.2 Å². The predicted octanol–water partition coefficient (Wildman–Crippen LogP) is 4.10. The van der Waals surface area contributed by atoms with Crippen molar-refractivity contribution in [2.24, 2.45) is 0 Å². The number of aromatic nitrogens is 1. The van der Waals surface area contributed by atoms with Crippen molar-refractivity contribution >= 4 is 22.2 Å². The van der Waals surface area contributed by atoms with E-state index < -0.39 is 5.91 Å². The van der Waals surface area contributed by atoms with Gasteiger partial charge in [-0.3, -0.25) is 4.79 Å². The van der Waals surface area contributed by atoms with Crippen LogP contribution >= 0.6 is 11.3 Å². The Balaban J connectivity index is 1.85. The van der Waals surface area contributed by atoms with Crippen LogP contribution in [-0.4, -0.2) is 16.2 Å². The van der Waals surface area contributed by atoms with E-state index in [1.807, 2.05) is 13.8 Å². The second-order valence-corrected chi connectivity index (χ2v) is 6.61. The zero-order valence-electron chi connectivity index (χ0n) is 13.7. The van der Waals surface area contributed by atoms with Gasteiger partial charge in [0.2, 0.25) is 0 Å². The number of benzene rings is 1. The van der Waals surface area contributed by atoms with E-state index in [2.05, 4.69) is 16.5 Å². The van der Waals surface area contributed by atoms with Gasteiger partial charge in [0, 0.05) is 16.5 Å². The maximum absolute atomic E-state index is 12.4. The summed E-state index contributed by atoms with van der Waals surface area (Å²) in [7, 11) is 0. The number of anilines is 1. The number of carbonyl (C=O) groups excluding carboxylic acids is 1. The first-order valence-electron chi connectivity index (χ1n) is 7.63. The average Bonchev–Trinajstić information content (AvgIpc) is 3.19. The van der Waals surface area contributed by atoms with Gasteiger partial charge in [-0.05, 0) is 31.0 Å². The third-order valence-electron chi connectivity index (χ3n) is 3.77. The molecule has 1 amide bonds. The van der Waals surface area contributed by atoms with E-state index >= 15 is 0 Å². The lowest BCUT2D eigenvalue weighted by atomic mass is 10.1. The lowest BCUT2D eigenvalue weighted by Gasteiger charge is -2.00. The van der Waals surface area contributed by atoms with Crippen LogP contribution in [0.15, 0.2) is 34.9 Å². The van der Waals surface area contributed by atoms with Gasteiger partial charge in [-0.1, -0.05) is 24.2 Å². The molecule has 2 N–H and O–H groups in total. The molecule has 2 aromatic heterocycles. The van der Waals surface area contributed by atoms with Crippen LogP contribution in [0.25, 0.3) is 11.3 Å². The number of amides is 1. The fraction of sp³-hybridized carbons (Fsp3) is 0.167. The third-order valence-corrected chi connectivity index (χ3v) is 4.84. The van der Waals surface area contributed by atoms with Gasteiger partial charge in [0.15, 0.2) is 11.5 Å². The molecule has 3 rings (SSSR count). The van der Waals surface area contributed by atoms with Crippen molar-refractivity contribution in [3.05, 3.63) is 52.0 Å². The van der Waals surface area contributed by atoms with Gasteiger partial charge in [0.25, 0.3) is 5.91 Å². The minimum absolute atomic E-state index is 0.0970. The van der Waals surface area contributed by atoms with Crippen molar-refractivity contribution in [1.29, 1.82) is 5.26 Å². The minimum atomic E-state index is -0.449. The van der Waals surface area contributed by atoms with E-state index in [1.165, 1.54) is 23.5 Å². The third kappa shape index (κ3) is 3.25. The van der Waals surface area contributed by atoms with Crippen molar-refractivity contribution in [3.63, 3.8) is 0 Å². The minimum Gasteiger partial charge on any atom is -0.508 e. The first kappa shape index (κ1) is 16.7. The lowest BCUT2D eigenvalue weighted by molar-refractivity contribution is 0.101. The standard InChI is InChI=1S/C18H15N3O3S/c1-3-13-10(2)25-18(14(13)9-19)20-17(23)15-8-16(24-21-15)11-5-4-6-12(22)7-11/h4-8,22H,3H2,1-2H3,(H,20,23). The number of phenols is 1. The highest BCUT2D eigenvalue weighted by Crippen LogP contribution is 2.33. The predicted molar refractivity (Wildman–Crippen MR) is 94.7 cm³/mol. The summed E-state index contributed by atoms with van der Waals surface area (Å²) in [4.78, 5) is 13.4. The first-order valence-corrected chi connectivity index (χ1v) is 8.45. The molecule has 0 aliphatic rings. The smallest absolute Gasteiger partial charge is 0.278 e. The second-order valence-electron chi connectivity index (χ2n) is 5.39. The molecule has 0 fully saturated rings. The van der Waals surface area contributed by atoms with E-state index in [-0.39, 0.29) is 11.4 Å². The normalized spacial score (nSPS) is 10.4. The maximum Gasteiger partial charge on any atom is 0.278 e. The Morgan fingerprint density at radius 1 is 1.44 bits per heavy atom. The number of hydrogen-bond acceptors (Lipinski definition) is 6. The number of thiophene rings is 1. The Morgan fingerprint density at radius 3 is 2.92 bits per heavy atom. The van der Waals surface area contributed by atoms with Crippen LogP contribution in [0.4, 0.5) is 5.00 Å². The summed E-state index contributed by atoms with van der Waals surface area (Å²) in [5.74, 6) is 0.0217. The van der Waals surface area contributed by atoms with Gasteiger partial charge in [-0.2, -0.15) is 5.26 Å². The van der Waals surface area contributed by atoms with Crippen LogP contribution in [0, 0.1) is 18.3 Å². The monoisotopic (exact) mass is 353 g/mol. The summed E-state index contributed by atoms with van der Waals surface area (Å²) in [6.45, 7) is 3.90. The summed E-state index contributed by atoms with van der Waals surface area (Å²) >= 11 is 1.37. The highest BCUT2D eigenvalue weighted by atomic mass is 32.1. The molecular weight excluding hydrogens is 338 g/mol. The van der Waals surface area contributed by atoms with Gasteiger partial charge >= 0.3 is 0 Å². The van der Waals surface area contributed by atoms with Crippen LogP contribution in [0.3, 0.4) is 0 Å². The highest BCUT2D eigenvalue weighted by Gasteiger charge is 2.19. The van der Waals surface area contributed by atoms with Crippen LogP contribution in [0.5, 0.6) is 5.75 Å². The number of nitriles is 1. The molecule has 0 aliphatic heterocycles. The number of rotatable bonds is 4. The number of hydrogen-bond donors (Lipinski definition) is 2. The molecule has 0 spiro atoms. The molecule has 1 aromatic carbocycles. The van der Waals surface area contributed by atoms with Crippen LogP contribution in [0.2, 0.25) is 0 Å². The number of aromatic hydroxyl groups is 1. The Labute approximate surface area is 148 Å². The quantitative estimate of drug-likeness (QED) is 0.735. The molecule has 0 saturated carbocycles. The van der Waals surface area contributed by atoms with Gasteiger partial charge < -0.3 is 14.9 Å². The molecule has 3 aromatic rings. The van der Waals surface area contributed by atoms with Crippen molar-refractivity contribution in [2.75, 3.05) is 5.32 Å². The van der Waals surface area contributed by atoms with E-state index in [9.17, 15) is 15.2 Å². The van der Waals surface area contributed by atoms with E-state index in [0.717, 1.165) is 16.9 Å². The molecule has 0 saturated heterocycles. The van der Waals surface area contributed by atoms with Gasteiger partial charge in [-0.25, -0.2) is 0 Å². The molecule has 2 heterocycles. The number of aryl methyl sites for hydroxylation is 1. The maximum atomic E-state index is 12.4. The molecular formula is C18H15N3O3S. The molecule has 0 radical (unpaired) electrons. The van der Waals surface area contributed by atoms with Crippen molar-refractivity contribution in [1.82, 2.24) is 5.16 Å². The fourth-order valence-electron chi connectivity index (χ4n) is 2.56. The SMILES string of the molecule is CCc1c(C)sc(NC(=O)c2cc(-c3cccc(O)c3)on2)c1C#N. The largest absolute Gasteiger partial charge is 0.508 e. The highest BCUT2D eigenvalue weighted by molar-refractivity contribution is 7.16. The number of nitrogens with one attached hydrogen (secondary N) is 1. The van der Waals surface area contributed by atoms with Crippen LogP contribution in [0.1, 0.15) is 33.4 Å². The summed E-state index contributed by atoms with van der Waals surface area (Å²) in [5.41, 5.74) is 2.16. The summed E-state index contributed by atoms with van der Waals surface area (Å²) < 4.78 is 5.19.